The molecule has 3 nitrogen and oxygen atoms in total. The number of carbonyl (C=O) groups excluding carboxylic acids is 2. The molecule has 0 aliphatic carbocycles. The summed E-state index contributed by atoms with van der Waals surface area (Å²) in [5.74, 6) is -0.677. The monoisotopic (exact) mass is 326 g/mol. The van der Waals surface area contributed by atoms with Crippen LogP contribution in [0.15, 0.2) is 30.3 Å². The van der Waals surface area contributed by atoms with Gasteiger partial charge in [-0.2, -0.15) is 0 Å². The van der Waals surface area contributed by atoms with Crippen LogP contribution in [-0.2, 0) is 20.7 Å². The van der Waals surface area contributed by atoms with Crippen molar-refractivity contribution >= 4 is 27.7 Å². The molecular formula is C15H19BrO3. The molecule has 0 radical (unpaired) electrons. The summed E-state index contributed by atoms with van der Waals surface area (Å²) in [6, 6.07) is 9.71. The number of hydrogen-bond donors (Lipinski definition) is 0. The first-order valence-electron chi connectivity index (χ1n) is 6.23. The Hall–Kier alpha value is -1.16. The largest absolute Gasteiger partial charge is 0.459 e. The van der Waals surface area contributed by atoms with Gasteiger partial charge in [-0.25, -0.2) is 0 Å². The number of ether oxygens (including phenoxy) is 1. The van der Waals surface area contributed by atoms with Crippen LogP contribution in [0.2, 0.25) is 0 Å². The molecule has 0 saturated carbocycles. The lowest BCUT2D eigenvalue weighted by Gasteiger charge is -2.21. The van der Waals surface area contributed by atoms with Crippen LogP contribution in [0.5, 0.6) is 0 Å². The van der Waals surface area contributed by atoms with Crippen molar-refractivity contribution in [1.29, 1.82) is 0 Å². The fourth-order valence-corrected chi connectivity index (χ4v) is 1.85. The molecule has 0 spiro atoms. The van der Waals surface area contributed by atoms with Crippen molar-refractivity contribution in [2.75, 3.05) is 0 Å². The minimum absolute atomic E-state index is 0.155. The van der Waals surface area contributed by atoms with E-state index < -0.39 is 16.4 Å². The number of Topliss-reactive ketones (excluding diaryl/α,β-unsaturated/α-hetero) is 1. The number of carbonyl (C=O) groups is 2. The molecule has 1 atom stereocenters. The van der Waals surface area contributed by atoms with E-state index in [1.54, 1.807) is 20.8 Å². The van der Waals surface area contributed by atoms with E-state index in [2.05, 4.69) is 15.9 Å². The van der Waals surface area contributed by atoms with E-state index in [1.807, 2.05) is 30.3 Å². The van der Waals surface area contributed by atoms with Crippen molar-refractivity contribution in [3.8, 4) is 0 Å². The molecule has 1 rings (SSSR count). The lowest BCUT2D eigenvalue weighted by atomic mass is 10.1. The van der Waals surface area contributed by atoms with Crippen molar-refractivity contribution in [1.82, 2.24) is 0 Å². The van der Waals surface area contributed by atoms with Crippen molar-refractivity contribution in [2.24, 2.45) is 0 Å². The average molecular weight is 327 g/mol. The van der Waals surface area contributed by atoms with Crippen LogP contribution in [0.25, 0.3) is 0 Å². The third kappa shape index (κ3) is 6.01. The number of halogens is 1. The summed E-state index contributed by atoms with van der Waals surface area (Å²) >= 11 is 3.11. The summed E-state index contributed by atoms with van der Waals surface area (Å²) in [5, 5.41) is 0. The predicted octanol–water partition coefficient (Wildman–Crippen LogP) is 3.29. The normalized spacial score (nSPS) is 12.8. The number of ketones is 1. The van der Waals surface area contributed by atoms with E-state index in [0.717, 1.165) is 5.56 Å². The van der Waals surface area contributed by atoms with Gasteiger partial charge in [0, 0.05) is 6.42 Å². The Labute approximate surface area is 122 Å². The molecule has 1 aromatic carbocycles. The highest BCUT2D eigenvalue weighted by molar-refractivity contribution is 9.10. The summed E-state index contributed by atoms with van der Waals surface area (Å²) < 4.78 is 5.17. The molecule has 1 aromatic rings. The average Bonchev–Trinajstić information content (AvgIpc) is 2.34. The number of hydrogen-bond acceptors (Lipinski definition) is 3. The van der Waals surface area contributed by atoms with E-state index in [4.69, 9.17) is 4.74 Å². The lowest BCUT2D eigenvalue weighted by molar-refractivity contribution is -0.155. The highest BCUT2D eigenvalue weighted by Gasteiger charge is 2.28. The van der Waals surface area contributed by atoms with Gasteiger partial charge in [0.05, 0.1) is 0 Å². The van der Waals surface area contributed by atoms with E-state index in [-0.39, 0.29) is 5.78 Å². The minimum atomic E-state index is -0.879. The molecule has 0 amide bonds. The summed E-state index contributed by atoms with van der Waals surface area (Å²) in [4.78, 5) is 22.7. The molecule has 0 N–H and O–H groups in total. The van der Waals surface area contributed by atoms with Crippen LogP contribution in [-0.4, -0.2) is 22.2 Å². The Morgan fingerprint density at radius 2 is 1.79 bits per heavy atom. The maximum absolute atomic E-state index is 11.9. The second kappa shape index (κ2) is 6.85. The van der Waals surface area contributed by atoms with Crippen LogP contribution in [0.1, 0.15) is 32.8 Å². The molecular weight excluding hydrogens is 308 g/mol. The highest BCUT2D eigenvalue weighted by atomic mass is 79.9. The predicted molar refractivity (Wildman–Crippen MR) is 78.3 cm³/mol. The second-order valence-electron chi connectivity index (χ2n) is 5.35. The number of aryl methyl sites for hydroxylation is 1. The quantitative estimate of drug-likeness (QED) is 0.473. The van der Waals surface area contributed by atoms with Gasteiger partial charge >= 0.3 is 5.97 Å². The number of alkyl halides is 1. The van der Waals surface area contributed by atoms with Gasteiger partial charge < -0.3 is 4.74 Å². The van der Waals surface area contributed by atoms with Gasteiger partial charge in [0.25, 0.3) is 0 Å². The zero-order chi connectivity index (χ0) is 14.5. The lowest BCUT2D eigenvalue weighted by Crippen LogP contribution is -2.33. The van der Waals surface area contributed by atoms with Crippen LogP contribution >= 0.6 is 15.9 Å². The summed E-state index contributed by atoms with van der Waals surface area (Å²) in [7, 11) is 0. The van der Waals surface area contributed by atoms with E-state index >= 15 is 0 Å². The zero-order valence-electron chi connectivity index (χ0n) is 11.5. The van der Waals surface area contributed by atoms with Gasteiger partial charge in [-0.05, 0) is 32.8 Å². The maximum Gasteiger partial charge on any atom is 0.327 e. The molecule has 0 aromatic heterocycles. The van der Waals surface area contributed by atoms with Gasteiger partial charge in [-0.15, -0.1) is 0 Å². The first kappa shape index (κ1) is 15.9. The maximum atomic E-state index is 11.9. The summed E-state index contributed by atoms with van der Waals surface area (Å²) in [6.07, 6.45) is 0.948. The number of esters is 1. The standard InChI is InChI=1S/C15H19BrO3/c1-15(2,3)19-14(18)13(16)12(17)10-9-11-7-5-4-6-8-11/h4-8,13H,9-10H2,1-3H3. The Balaban J connectivity index is 2.47. The van der Waals surface area contributed by atoms with Crippen molar-refractivity contribution in [3.05, 3.63) is 35.9 Å². The molecule has 0 bridgehead atoms. The zero-order valence-corrected chi connectivity index (χ0v) is 13.1. The Bertz CT molecular complexity index is 434. The van der Waals surface area contributed by atoms with Gasteiger partial charge in [-0.3, -0.25) is 9.59 Å². The van der Waals surface area contributed by atoms with E-state index in [0.29, 0.717) is 12.8 Å². The topological polar surface area (TPSA) is 43.4 Å². The fourth-order valence-electron chi connectivity index (χ4n) is 1.52. The number of benzene rings is 1. The minimum Gasteiger partial charge on any atom is -0.459 e. The van der Waals surface area contributed by atoms with E-state index in [9.17, 15) is 9.59 Å². The van der Waals surface area contributed by atoms with Crippen molar-refractivity contribution < 1.29 is 14.3 Å². The molecule has 0 heterocycles. The van der Waals surface area contributed by atoms with Crippen LogP contribution in [0.3, 0.4) is 0 Å². The van der Waals surface area contributed by atoms with Gasteiger partial charge in [0.15, 0.2) is 10.6 Å². The molecule has 0 aliphatic heterocycles. The van der Waals surface area contributed by atoms with Crippen LogP contribution in [0.4, 0.5) is 0 Å². The second-order valence-corrected chi connectivity index (χ2v) is 6.26. The SMILES string of the molecule is CC(C)(C)OC(=O)C(Br)C(=O)CCc1ccccc1. The summed E-state index contributed by atoms with van der Waals surface area (Å²) in [6.45, 7) is 5.33. The first-order chi connectivity index (χ1) is 8.79. The Morgan fingerprint density at radius 1 is 1.21 bits per heavy atom. The molecule has 0 fully saturated rings. The van der Waals surface area contributed by atoms with Gasteiger partial charge in [-0.1, -0.05) is 46.3 Å². The Morgan fingerprint density at radius 3 is 2.32 bits per heavy atom. The highest BCUT2D eigenvalue weighted by Crippen LogP contribution is 2.15. The third-order valence-corrected chi connectivity index (χ3v) is 3.28. The number of rotatable bonds is 5. The first-order valence-corrected chi connectivity index (χ1v) is 7.15. The van der Waals surface area contributed by atoms with Crippen LogP contribution in [0, 0.1) is 0 Å². The summed E-state index contributed by atoms with van der Waals surface area (Å²) in [5.41, 5.74) is 0.503. The molecule has 0 aliphatic rings. The molecule has 4 heteroatoms. The van der Waals surface area contributed by atoms with Crippen LogP contribution < -0.4 is 0 Å². The molecule has 19 heavy (non-hydrogen) atoms. The molecule has 0 saturated heterocycles. The van der Waals surface area contributed by atoms with Crippen molar-refractivity contribution in [3.63, 3.8) is 0 Å². The van der Waals surface area contributed by atoms with Gasteiger partial charge in [0.2, 0.25) is 0 Å². The molecule has 104 valence electrons. The third-order valence-electron chi connectivity index (χ3n) is 2.40. The fraction of sp³-hybridized carbons (Fsp3) is 0.467. The molecule has 1 unspecified atom stereocenters. The smallest absolute Gasteiger partial charge is 0.327 e. The van der Waals surface area contributed by atoms with Crippen molar-refractivity contribution in [2.45, 2.75) is 44.0 Å². The van der Waals surface area contributed by atoms with E-state index in [1.165, 1.54) is 0 Å². The van der Waals surface area contributed by atoms with Gasteiger partial charge in [0.1, 0.15) is 5.60 Å². The Kier molecular flexibility index (Phi) is 5.73.